The van der Waals surface area contributed by atoms with E-state index in [-0.39, 0.29) is 0 Å². The van der Waals surface area contributed by atoms with E-state index in [9.17, 15) is 0 Å². The minimum Gasteiger partial charge on any atom is -0.357 e. The van der Waals surface area contributed by atoms with Gasteiger partial charge in [0.1, 0.15) is 5.82 Å². The first-order valence-corrected chi connectivity index (χ1v) is 4.22. The average Bonchev–Trinajstić information content (AvgIpc) is 1.88. The molecule has 0 bridgehead atoms. The van der Waals surface area contributed by atoms with Gasteiger partial charge in [-0.05, 0) is 19.1 Å². The second kappa shape index (κ2) is 3.70. The van der Waals surface area contributed by atoms with Gasteiger partial charge in [0.15, 0.2) is 0 Å². The Hall–Kier alpha value is -0.390. The van der Waals surface area contributed by atoms with Gasteiger partial charge in [-0.3, -0.25) is 0 Å². The van der Waals surface area contributed by atoms with Gasteiger partial charge in [0, 0.05) is 6.20 Å². The van der Waals surface area contributed by atoms with E-state index < -0.39 is 0 Å². The monoisotopic (exact) mass is 249 g/mol. The lowest BCUT2D eigenvalue weighted by Gasteiger charge is -2.04. The van der Waals surface area contributed by atoms with Crippen molar-refractivity contribution in [1.82, 2.24) is 10.2 Å². The Labute approximate surface area is 73.4 Å². The quantitative estimate of drug-likeness (QED) is 0.492. The SMILES string of the molecule is CC(I)Nc1cccnn1. The lowest BCUT2D eigenvalue weighted by molar-refractivity contribution is 1.00. The van der Waals surface area contributed by atoms with Crippen LogP contribution >= 0.6 is 22.6 Å². The predicted molar refractivity (Wildman–Crippen MR) is 49.1 cm³/mol. The van der Waals surface area contributed by atoms with Crippen LogP contribution in [0.5, 0.6) is 0 Å². The minimum atomic E-state index is 0.384. The van der Waals surface area contributed by atoms with Crippen LogP contribution in [0.4, 0.5) is 5.82 Å². The summed E-state index contributed by atoms with van der Waals surface area (Å²) in [5, 5.41) is 10.7. The van der Waals surface area contributed by atoms with Crippen molar-refractivity contribution in [1.29, 1.82) is 0 Å². The summed E-state index contributed by atoms with van der Waals surface area (Å²) in [6, 6.07) is 3.75. The summed E-state index contributed by atoms with van der Waals surface area (Å²) in [7, 11) is 0. The number of hydrogen-bond donors (Lipinski definition) is 1. The maximum absolute atomic E-state index is 3.85. The fraction of sp³-hybridized carbons (Fsp3) is 0.333. The largest absolute Gasteiger partial charge is 0.357 e. The van der Waals surface area contributed by atoms with Crippen LogP contribution in [0.1, 0.15) is 6.92 Å². The maximum Gasteiger partial charge on any atom is 0.149 e. The van der Waals surface area contributed by atoms with Gasteiger partial charge in [-0.25, -0.2) is 0 Å². The molecule has 0 fully saturated rings. The van der Waals surface area contributed by atoms with Crippen molar-refractivity contribution < 1.29 is 0 Å². The average molecular weight is 249 g/mol. The third-order valence-corrected chi connectivity index (χ3v) is 1.23. The van der Waals surface area contributed by atoms with Crippen LogP contribution in [0.3, 0.4) is 0 Å². The summed E-state index contributed by atoms with van der Waals surface area (Å²) in [5.74, 6) is 0.824. The van der Waals surface area contributed by atoms with Crippen LogP contribution in [0.25, 0.3) is 0 Å². The van der Waals surface area contributed by atoms with Gasteiger partial charge in [0.2, 0.25) is 0 Å². The molecule has 0 spiro atoms. The first-order chi connectivity index (χ1) is 4.79. The highest BCUT2D eigenvalue weighted by Crippen LogP contribution is 2.04. The first kappa shape index (κ1) is 7.71. The summed E-state index contributed by atoms with van der Waals surface area (Å²) in [6.07, 6.45) is 1.66. The molecule has 1 heterocycles. The molecule has 0 aliphatic carbocycles. The van der Waals surface area contributed by atoms with Crippen molar-refractivity contribution in [2.75, 3.05) is 5.32 Å². The predicted octanol–water partition coefficient (Wildman–Crippen LogP) is 1.67. The van der Waals surface area contributed by atoms with Gasteiger partial charge < -0.3 is 5.32 Å². The molecule has 1 atom stereocenters. The molecule has 0 amide bonds. The van der Waals surface area contributed by atoms with Crippen molar-refractivity contribution in [2.24, 2.45) is 0 Å². The number of nitrogens with one attached hydrogen (secondary N) is 1. The van der Waals surface area contributed by atoms with Gasteiger partial charge in [0.05, 0.1) is 4.05 Å². The highest BCUT2D eigenvalue weighted by atomic mass is 127. The van der Waals surface area contributed by atoms with Crippen molar-refractivity contribution in [3.05, 3.63) is 18.3 Å². The second-order valence-electron chi connectivity index (χ2n) is 1.87. The maximum atomic E-state index is 3.85. The lowest BCUT2D eigenvalue weighted by atomic mass is 10.5. The summed E-state index contributed by atoms with van der Waals surface area (Å²) in [6.45, 7) is 2.05. The molecular weight excluding hydrogens is 241 g/mol. The molecule has 3 nitrogen and oxygen atoms in total. The van der Waals surface area contributed by atoms with E-state index in [4.69, 9.17) is 0 Å². The van der Waals surface area contributed by atoms with Crippen molar-refractivity contribution in [3.8, 4) is 0 Å². The van der Waals surface area contributed by atoms with Crippen LogP contribution in [0.15, 0.2) is 18.3 Å². The molecule has 0 aliphatic heterocycles. The smallest absolute Gasteiger partial charge is 0.149 e. The summed E-state index contributed by atoms with van der Waals surface area (Å²) >= 11 is 2.27. The zero-order valence-electron chi connectivity index (χ0n) is 5.58. The standard InChI is InChI=1S/C6H8IN3/c1-5(7)9-6-3-2-4-8-10-6/h2-5H,1H3,(H,9,10). The van der Waals surface area contributed by atoms with Gasteiger partial charge in [-0.2, -0.15) is 5.10 Å². The summed E-state index contributed by atoms with van der Waals surface area (Å²) < 4.78 is 0.384. The lowest BCUT2D eigenvalue weighted by Crippen LogP contribution is -2.07. The highest BCUT2D eigenvalue weighted by molar-refractivity contribution is 14.1. The zero-order chi connectivity index (χ0) is 7.40. The number of halogens is 1. The Bertz CT molecular complexity index is 187. The van der Waals surface area contributed by atoms with E-state index in [0.29, 0.717) is 4.05 Å². The number of alkyl halides is 1. The molecule has 0 aromatic carbocycles. The van der Waals surface area contributed by atoms with E-state index in [2.05, 4.69) is 45.0 Å². The van der Waals surface area contributed by atoms with Crippen LogP contribution in [0, 0.1) is 0 Å². The number of aromatic nitrogens is 2. The summed E-state index contributed by atoms with van der Waals surface area (Å²) in [5.41, 5.74) is 0. The van der Waals surface area contributed by atoms with Crippen molar-refractivity contribution in [3.63, 3.8) is 0 Å². The number of hydrogen-bond acceptors (Lipinski definition) is 3. The zero-order valence-corrected chi connectivity index (χ0v) is 7.74. The van der Waals surface area contributed by atoms with Gasteiger partial charge in [0.25, 0.3) is 0 Å². The van der Waals surface area contributed by atoms with E-state index in [0.717, 1.165) is 5.82 Å². The molecule has 0 saturated carbocycles. The number of nitrogens with zero attached hydrogens (tertiary/aromatic N) is 2. The molecule has 1 unspecified atom stereocenters. The van der Waals surface area contributed by atoms with Crippen LogP contribution in [0.2, 0.25) is 0 Å². The molecule has 4 heteroatoms. The molecule has 0 radical (unpaired) electrons. The summed E-state index contributed by atoms with van der Waals surface area (Å²) in [4.78, 5) is 0. The molecule has 1 rings (SSSR count). The Balaban J connectivity index is 2.59. The second-order valence-corrected chi connectivity index (χ2v) is 3.74. The minimum absolute atomic E-state index is 0.384. The molecule has 54 valence electrons. The van der Waals surface area contributed by atoms with Crippen LogP contribution in [-0.4, -0.2) is 14.2 Å². The van der Waals surface area contributed by atoms with Crippen molar-refractivity contribution >= 4 is 28.4 Å². The van der Waals surface area contributed by atoms with E-state index in [1.807, 2.05) is 12.1 Å². The molecule has 1 aromatic rings. The third-order valence-electron chi connectivity index (χ3n) is 0.919. The Morgan fingerprint density at radius 2 is 2.50 bits per heavy atom. The fourth-order valence-corrected chi connectivity index (χ4v) is 0.901. The highest BCUT2D eigenvalue weighted by Gasteiger charge is 1.94. The Morgan fingerprint density at radius 3 is 3.00 bits per heavy atom. The van der Waals surface area contributed by atoms with Gasteiger partial charge in [-0.15, -0.1) is 5.10 Å². The Kier molecular flexibility index (Phi) is 2.85. The van der Waals surface area contributed by atoms with Crippen LogP contribution in [-0.2, 0) is 0 Å². The molecular formula is C6H8IN3. The first-order valence-electron chi connectivity index (χ1n) is 2.97. The Morgan fingerprint density at radius 1 is 1.70 bits per heavy atom. The topological polar surface area (TPSA) is 37.8 Å². The number of anilines is 1. The molecule has 10 heavy (non-hydrogen) atoms. The van der Waals surface area contributed by atoms with Gasteiger partial charge >= 0.3 is 0 Å². The molecule has 1 aromatic heterocycles. The van der Waals surface area contributed by atoms with Gasteiger partial charge in [-0.1, -0.05) is 22.6 Å². The molecule has 0 saturated heterocycles. The third kappa shape index (κ3) is 2.47. The molecule has 0 aliphatic rings. The van der Waals surface area contributed by atoms with Crippen LogP contribution < -0.4 is 5.32 Å². The molecule has 1 N–H and O–H groups in total. The van der Waals surface area contributed by atoms with Crippen molar-refractivity contribution in [2.45, 2.75) is 11.0 Å². The normalized spacial score (nSPS) is 12.6. The fourth-order valence-electron chi connectivity index (χ4n) is 0.582. The van der Waals surface area contributed by atoms with E-state index in [1.165, 1.54) is 0 Å². The van der Waals surface area contributed by atoms with E-state index in [1.54, 1.807) is 6.20 Å². The van der Waals surface area contributed by atoms with E-state index >= 15 is 0 Å². The number of rotatable bonds is 2.